The summed E-state index contributed by atoms with van der Waals surface area (Å²) in [5.41, 5.74) is -0.751. The molecule has 6 heteroatoms. The van der Waals surface area contributed by atoms with Gasteiger partial charge in [-0.25, -0.2) is 0 Å². The summed E-state index contributed by atoms with van der Waals surface area (Å²) in [5, 5.41) is 5.61. The molecule has 0 aromatic rings. The van der Waals surface area contributed by atoms with Gasteiger partial charge in [0.15, 0.2) is 0 Å². The van der Waals surface area contributed by atoms with Crippen molar-refractivity contribution >= 4 is 17.7 Å². The van der Waals surface area contributed by atoms with Crippen LogP contribution in [0, 0.1) is 0 Å². The maximum absolute atomic E-state index is 11.9. The smallest absolute Gasteiger partial charge is 0.252 e. The van der Waals surface area contributed by atoms with Crippen molar-refractivity contribution in [2.75, 3.05) is 13.6 Å². The summed E-state index contributed by atoms with van der Waals surface area (Å²) >= 11 is 0. The lowest BCUT2D eigenvalue weighted by Crippen LogP contribution is -2.56. The molecule has 0 aliphatic carbocycles. The highest BCUT2D eigenvalue weighted by atomic mass is 16.2. The Hall–Kier alpha value is -1.43. The number of nitrogens with one attached hydrogen (secondary N) is 2. The van der Waals surface area contributed by atoms with Gasteiger partial charge < -0.3 is 10.6 Å². The molecule has 1 aliphatic heterocycles. The van der Waals surface area contributed by atoms with Gasteiger partial charge in [-0.15, -0.1) is 0 Å². The molecule has 0 bridgehead atoms. The minimum Gasteiger partial charge on any atom is -0.342 e. The van der Waals surface area contributed by atoms with Crippen LogP contribution in [0.15, 0.2) is 0 Å². The van der Waals surface area contributed by atoms with Crippen molar-refractivity contribution < 1.29 is 14.4 Å². The molecule has 0 aromatic carbocycles. The zero-order valence-electron chi connectivity index (χ0n) is 10.7. The van der Waals surface area contributed by atoms with Crippen LogP contribution < -0.4 is 10.6 Å². The van der Waals surface area contributed by atoms with Crippen molar-refractivity contribution in [2.45, 2.75) is 38.8 Å². The highest BCUT2D eigenvalue weighted by Crippen LogP contribution is 2.12. The average Bonchev–Trinajstić information content (AvgIpc) is 2.46. The average molecular weight is 241 g/mol. The Kier molecular flexibility index (Phi) is 3.87. The molecule has 1 heterocycles. The Labute approximate surface area is 101 Å². The van der Waals surface area contributed by atoms with Crippen LogP contribution in [0.2, 0.25) is 0 Å². The van der Waals surface area contributed by atoms with Gasteiger partial charge in [-0.3, -0.25) is 19.3 Å². The van der Waals surface area contributed by atoms with Crippen molar-refractivity contribution in [1.29, 1.82) is 0 Å². The van der Waals surface area contributed by atoms with E-state index in [0.29, 0.717) is 6.54 Å². The van der Waals surface area contributed by atoms with E-state index in [1.807, 2.05) is 6.92 Å². The maximum Gasteiger partial charge on any atom is 0.252 e. The van der Waals surface area contributed by atoms with Crippen LogP contribution in [-0.2, 0) is 14.4 Å². The monoisotopic (exact) mass is 241 g/mol. The SMILES string of the molecule is CCNC(C)(C)C(=O)NC1CC(=O)N(C)C1=O. The van der Waals surface area contributed by atoms with Gasteiger partial charge in [0.25, 0.3) is 5.91 Å². The number of hydrogen-bond donors (Lipinski definition) is 2. The van der Waals surface area contributed by atoms with E-state index >= 15 is 0 Å². The first-order valence-corrected chi connectivity index (χ1v) is 5.66. The summed E-state index contributed by atoms with van der Waals surface area (Å²) in [5.74, 6) is -0.891. The summed E-state index contributed by atoms with van der Waals surface area (Å²) in [4.78, 5) is 35.9. The van der Waals surface area contributed by atoms with Crippen molar-refractivity contribution in [3.05, 3.63) is 0 Å². The summed E-state index contributed by atoms with van der Waals surface area (Å²) in [7, 11) is 1.42. The molecule has 1 aliphatic rings. The molecule has 6 nitrogen and oxygen atoms in total. The van der Waals surface area contributed by atoms with E-state index in [4.69, 9.17) is 0 Å². The first-order valence-electron chi connectivity index (χ1n) is 5.66. The Morgan fingerprint density at radius 1 is 1.47 bits per heavy atom. The van der Waals surface area contributed by atoms with Gasteiger partial charge in [-0.05, 0) is 20.4 Å². The van der Waals surface area contributed by atoms with E-state index in [9.17, 15) is 14.4 Å². The molecule has 96 valence electrons. The molecule has 1 saturated heterocycles. The topological polar surface area (TPSA) is 78.5 Å². The Balaban J connectivity index is 2.64. The summed E-state index contributed by atoms with van der Waals surface area (Å²) < 4.78 is 0. The minimum absolute atomic E-state index is 0.0449. The molecular weight excluding hydrogens is 222 g/mol. The van der Waals surface area contributed by atoms with Crippen LogP contribution in [0.5, 0.6) is 0 Å². The van der Waals surface area contributed by atoms with Gasteiger partial charge >= 0.3 is 0 Å². The molecule has 0 aromatic heterocycles. The summed E-state index contributed by atoms with van der Waals surface area (Å²) in [6.07, 6.45) is 0.0449. The summed E-state index contributed by atoms with van der Waals surface area (Å²) in [6.45, 7) is 6.01. The number of likely N-dealkylation sites (N-methyl/N-ethyl adjacent to an activating group) is 2. The fourth-order valence-corrected chi connectivity index (χ4v) is 1.73. The molecule has 1 rings (SSSR count). The third kappa shape index (κ3) is 2.82. The standard InChI is InChI=1S/C11H19N3O3/c1-5-12-11(2,3)10(17)13-7-6-8(15)14(4)9(7)16/h7,12H,5-6H2,1-4H3,(H,13,17). The quantitative estimate of drug-likeness (QED) is 0.635. The lowest BCUT2D eigenvalue weighted by atomic mass is 10.0. The van der Waals surface area contributed by atoms with Gasteiger partial charge in [0.2, 0.25) is 11.8 Å². The molecule has 1 unspecified atom stereocenters. The highest BCUT2D eigenvalue weighted by molar-refractivity contribution is 6.07. The van der Waals surface area contributed by atoms with E-state index in [1.165, 1.54) is 7.05 Å². The van der Waals surface area contributed by atoms with Crippen LogP contribution in [0.1, 0.15) is 27.2 Å². The second kappa shape index (κ2) is 4.83. The maximum atomic E-state index is 11.9. The van der Waals surface area contributed by atoms with Gasteiger partial charge in [0.1, 0.15) is 6.04 Å². The molecular formula is C11H19N3O3. The number of imide groups is 1. The van der Waals surface area contributed by atoms with Crippen molar-refractivity contribution in [3.8, 4) is 0 Å². The third-order valence-corrected chi connectivity index (χ3v) is 2.87. The molecule has 2 N–H and O–H groups in total. The van der Waals surface area contributed by atoms with Crippen molar-refractivity contribution in [3.63, 3.8) is 0 Å². The van der Waals surface area contributed by atoms with Crippen LogP contribution in [-0.4, -0.2) is 47.8 Å². The van der Waals surface area contributed by atoms with Crippen LogP contribution in [0.4, 0.5) is 0 Å². The zero-order valence-corrected chi connectivity index (χ0v) is 10.7. The van der Waals surface area contributed by atoms with E-state index in [2.05, 4.69) is 10.6 Å². The Morgan fingerprint density at radius 3 is 2.47 bits per heavy atom. The minimum atomic E-state index is -0.751. The van der Waals surface area contributed by atoms with E-state index in [-0.39, 0.29) is 24.1 Å². The normalized spacial score (nSPS) is 20.9. The van der Waals surface area contributed by atoms with Crippen LogP contribution in [0.25, 0.3) is 0 Å². The lowest BCUT2D eigenvalue weighted by Gasteiger charge is -2.25. The zero-order chi connectivity index (χ0) is 13.2. The number of hydrogen-bond acceptors (Lipinski definition) is 4. The van der Waals surface area contributed by atoms with Crippen LogP contribution >= 0.6 is 0 Å². The van der Waals surface area contributed by atoms with Crippen molar-refractivity contribution in [1.82, 2.24) is 15.5 Å². The Morgan fingerprint density at radius 2 is 2.06 bits per heavy atom. The van der Waals surface area contributed by atoms with Crippen LogP contribution in [0.3, 0.4) is 0 Å². The number of carbonyl (C=O) groups is 3. The molecule has 0 spiro atoms. The predicted molar refractivity (Wildman–Crippen MR) is 62.1 cm³/mol. The van der Waals surface area contributed by atoms with E-state index < -0.39 is 11.6 Å². The fourth-order valence-electron chi connectivity index (χ4n) is 1.73. The second-order valence-electron chi connectivity index (χ2n) is 4.68. The first kappa shape index (κ1) is 13.6. The predicted octanol–water partition coefficient (Wildman–Crippen LogP) is -0.752. The fraction of sp³-hybridized carbons (Fsp3) is 0.727. The number of amides is 3. The number of carbonyl (C=O) groups excluding carboxylic acids is 3. The highest BCUT2D eigenvalue weighted by Gasteiger charge is 2.39. The molecule has 1 atom stereocenters. The van der Waals surface area contributed by atoms with Gasteiger partial charge in [-0.1, -0.05) is 6.92 Å². The molecule has 1 fully saturated rings. The van der Waals surface area contributed by atoms with Gasteiger partial charge in [0.05, 0.1) is 12.0 Å². The van der Waals surface area contributed by atoms with E-state index in [1.54, 1.807) is 13.8 Å². The number of rotatable bonds is 4. The largest absolute Gasteiger partial charge is 0.342 e. The first-order chi connectivity index (χ1) is 7.79. The third-order valence-electron chi connectivity index (χ3n) is 2.87. The number of likely N-dealkylation sites (tertiary alicyclic amines) is 1. The van der Waals surface area contributed by atoms with Gasteiger partial charge in [-0.2, -0.15) is 0 Å². The Bertz CT molecular complexity index is 352. The van der Waals surface area contributed by atoms with Crippen molar-refractivity contribution in [2.24, 2.45) is 0 Å². The van der Waals surface area contributed by atoms with Gasteiger partial charge in [0, 0.05) is 7.05 Å². The molecule has 0 radical (unpaired) electrons. The second-order valence-corrected chi connectivity index (χ2v) is 4.68. The van der Waals surface area contributed by atoms with E-state index in [0.717, 1.165) is 4.90 Å². The lowest BCUT2D eigenvalue weighted by molar-refractivity contribution is -0.138. The molecule has 17 heavy (non-hydrogen) atoms. The molecule has 0 saturated carbocycles. The molecule has 3 amide bonds. The summed E-state index contributed by atoms with van der Waals surface area (Å²) in [6, 6.07) is -0.724. The number of nitrogens with zero attached hydrogens (tertiary/aromatic N) is 1.